The van der Waals surface area contributed by atoms with E-state index >= 15 is 0 Å². The van der Waals surface area contributed by atoms with Crippen LogP contribution in [0.25, 0.3) is 0 Å². The number of carbonyl (C=O) groups is 1. The van der Waals surface area contributed by atoms with Crippen LogP contribution in [-0.4, -0.2) is 26.1 Å². The second-order valence-electron chi connectivity index (χ2n) is 3.93. The predicted molar refractivity (Wildman–Crippen MR) is 68.1 cm³/mol. The number of rotatable bonds is 6. The SMILES string of the molecule is COc1cccc(C(C)C(=O)NCCCN)c1. The van der Waals surface area contributed by atoms with Gasteiger partial charge < -0.3 is 15.8 Å². The van der Waals surface area contributed by atoms with Gasteiger partial charge in [-0.25, -0.2) is 0 Å². The van der Waals surface area contributed by atoms with Crippen molar-refractivity contribution >= 4 is 5.91 Å². The normalized spacial score (nSPS) is 11.9. The summed E-state index contributed by atoms with van der Waals surface area (Å²) in [6, 6.07) is 7.56. The maximum Gasteiger partial charge on any atom is 0.227 e. The Hall–Kier alpha value is -1.55. The minimum absolute atomic E-state index is 0.0201. The fourth-order valence-corrected chi connectivity index (χ4v) is 1.53. The molecule has 1 unspecified atom stereocenters. The lowest BCUT2D eigenvalue weighted by molar-refractivity contribution is -0.122. The molecule has 1 rings (SSSR count). The monoisotopic (exact) mass is 236 g/mol. The first-order chi connectivity index (χ1) is 8.19. The van der Waals surface area contributed by atoms with Gasteiger partial charge in [-0.05, 0) is 37.6 Å². The third-order valence-corrected chi connectivity index (χ3v) is 2.67. The van der Waals surface area contributed by atoms with Gasteiger partial charge in [0.1, 0.15) is 5.75 Å². The van der Waals surface area contributed by atoms with Crippen molar-refractivity contribution in [2.45, 2.75) is 19.3 Å². The zero-order valence-corrected chi connectivity index (χ0v) is 10.4. The van der Waals surface area contributed by atoms with E-state index in [-0.39, 0.29) is 11.8 Å². The molecule has 17 heavy (non-hydrogen) atoms. The Morgan fingerprint density at radius 3 is 2.94 bits per heavy atom. The van der Waals surface area contributed by atoms with Crippen LogP contribution in [0.2, 0.25) is 0 Å². The van der Waals surface area contributed by atoms with Crippen LogP contribution in [0.15, 0.2) is 24.3 Å². The molecule has 4 heteroatoms. The molecule has 1 aromatic rings. The van der Waals surface area contributed by atoms with E-state index in [1.165, 1.54) is 0 Å². The largest absolute Gasteiger partial charge is 0.497 e. The highest BCUT2D eigenvalue weighted by Gasteiger charge is 2.14. The summed E-state index contributed by atoms with van der Waals surface area (Å²) in [6.45, 7) is 3.10. The maximum absolute atomic E-state index is 11.8. The summed E-state index contributed by atoms with van der Waals surface area (Å²) in [4.78, 5) is 11.8. The molecule has 4 nitrogen and oxygen atoms in total. The Balaban J connectivity index is 2.61. The zero-order valence-electron chi connectivity index (χ0n) is 10.4. The maximum atomic E-state index is 11.8. The van der Waals surface area contributed by atoms with Crippen LogP contribution in [0.3, 0.4) is 0 Å². The first kappa shape index (κ1) is 13.5. The minimum Gasteiger partial charge on any atom is -0.497 e. The lowest BCUT2D eigenvalue weighted by atomic mass is 10.00. The second-order valence-corrected chi connectivity index (χ2v) is 3.93. The van der Waals surface area contributed by atoms with Gasteiger partial charge in [-0.2, -0.15) is 0 Å². The molecule has 0 fully saturated rings. The van der Waals surface area contributed by atoms with Crippen molar-refractivity contribution in [3.05, 3.63) is 29.8 Å². The van der Waals surface area contributed by atoms with E-state index in [2.05, 4.69) is 5.32 Å². The lowest BCUT2D eigenvalue weighted by Gasteiger charge is -2.13. The fraction of sp³-hybridized carbons (Fsp3) is 0.462. The molecule has 1 atom stereocenters. The van der Waals surface area contributed by atoms with Gasteiger partial charge in [0.25, 0.3) is 0 Å². The standard InChI is InChI=1S/C13H20N2O2/c1-10(13(16)15-8-4-7-14)11-5-3-6-12(9-11)17-2/h3,5-6,9-10H,4,7-8,14H2,1-2H3,(H,15,16). The predicted octanol–water partition coefficient (Wildman–Crippen LogP) is 1.26. The molecule has 0 aliphatic rings. The van der Waals surface area contributed by atoms with Gasteiger partial charge >= 0.3 is 0 Å². The molecule has 0 spiro atoms. The van der Waals surface area contributed by atoms with Gasteiger partial charge in [-0.3, -0.25) is 4.79 Å². The lowest BCUT2D eigenvalue weighted by Crippen LogP contribution is -2.29. The highest BCUT2D eigenvalue weighted by Crippen LogP contribution is 2.20. The Morgan fingerprint density at radius 1 is 1.53 bits per heavy atom. The van der Waals surface area contributed by atoms with Gasteiger partial charge in [0.2, 0.25) is 5.91 Å². The van der Waals surface area contributed by atoms with Crippen molar-refractivity contribution in [3.63, 3.8) is 0 Å². The summed E-state index contributed by atoms with van der Waals surface area (Å²) >= 11 is 0. The Morgan fingerprint density at radius 2 is 2.29 bits per heavy atom. The van der Waals surface area contributed by atoms with Crippen molar-refractivity contribution in [1.82, 2.24) is 5.32 Å². The summed E-state index contributed by atoms with van der Waals surface area (Å²) in [5.41, 5.74) is 6.33. The van der Waals surface area contributed by atoms with Crippen LogP contribution in [0, 0.1) is 0 Å². The fourth-order valence-electron chi connectivity index (χ4n) is 1.53. The molecular weight excluding hydrogens is 216 g/mol. The van der Waals surface area contributed by atoms with Crippen molar-refractivity contribution in [1.29, 1.82) is 0 Å². The molecule has 0 heterocycles. The van der Waals surface area contributed by atoms with Crippen LogP contribution in [0.4, 0.5) is 0 Å². The number of ether oxygens (including phenoxy) is 1. The molecule has 0 aromatic heterocycles. The number of hydrogen-bond acceptors (Lipinski definition) is 3. The Bertz CT molecular complexity index is 366. The molecule has 3 N–H and O–H groups in total. The summed E-state index contributed by atoms with van der Waals surface area (Å²) in [5, 5.41) is 2.86. The minimum atomic E-state index is -0.178. The van der Waals surface area contributed by atoms with Crippen molar-refractivity contribution in [2.75, 3.05) is 20.2 Å². The van der Waals surface area contributed by atoms with E-state index in [0.717, 1.165) is 17.7 Å². The van der Waals surface area contributed by atoms with Crippen LogP contribution in [-0.2, 0) is 4.79 Å². The Labute approximate surface area is 102 Å². The smallest absolute Gasteiger partial charge is 0.227 e. The van der Waals surface area contributed by atoms with E-state index in [9.17, 15) is 4.79 Å². The first-order valence-electron chi connectivity index (χ1n) is 5.80. The topological polar surface area (TPSA) is 64.3 Å². The molecule has 0 saturated carbocycles. The first-order valence-corrected chi connectivity index (χ1v) is 5.80. The van der Waals surface area contributed by atoms with Crippen LogP contribution >= 0.6 is 0 Å². The van der Waals surface area contributed by atoms with E-state index in [4.69, 9.17) is 10.5 Å². The number of carbonyl (C=O) groups excluding carboxylic acids is 1. The van der Waals surface area contributed by atoms with Crippen molar-refractivity contribution < 1.29 is 9.53 Å². The number of amides is 1. The quantitative estimate of drug-likeness (QED) is 0.731. The molecule has 0 saturated heterocycles. The van der Waals surface area contributed by atoms with E-state index in [1.54, 1.807) is 7.11 Å². The molecule has 94 valence electrons. The summed E-state index contributed by atoms with van der Waals surface area (Å²) in [6.07, 6.45) is 0.802. The molecule has 0 aliphatic heterocycles. The van der Waals surface area contributed by atoms with E-state index in [0.29, 0.717) is 13.1 Å². The summed E-state index contributed by atoms with van der Waals surface area (Å²) < 4.78 is 5.14. The van der Waals surface area contributed by atoms with Gasteiger partial charge in [0.15, 0.2) is 0 Å². The van der Waals surface area contributed by atoms with Crippen LogP contribution in [0.1, 0.15) is 24.8 Å². The highest BCUT2D eigenvalue weighted by molar-refractivity contribution is 5.83. The number of nitrogens with two attached hydrogens (primary N) is 1. The molecule has 0 radical (unpaired) electrons. The third kappa shape index (κ3) is 4.07. The zero-order chi connectivity index (χ0) is 12.7. The summed E-state index contributed by atoms with van der Waals surface area (Å²) in [7, 11) is 1.62. The number of benzene rings is 1. The second kappa shape index (κ2) is 6.91. The van der Waals surface area contributed by atoms with Gasteiger partial charge in [-0.1, -0.05) is 12.1 Å². The molecule has 1 aromatic carbocycles. The van der Waals surface area contributed by atoms with Crippen LogP contribution in [0.5, 0.6) is 5.75 Å². The van der Waals surface area contributed by atoms with Crippen molar-refractivity contribution in [3.8, 4) is 5.75 Å². The molecule has 0 bridgehead atoms. The Kier molecular flexibility index (Phi) is 5.49. The van der Waals surface area contributed by atoms with Crippen molar-refractivity contribution in [2.24, 2.45) is 5.73 Å². The van der Waals surface area contributed by atoms with E-state index < -0.39 is 0 Å². The number of nitrogens with one attached hydrogen (secondary N) is 1. The molecular formula is C13H20N2O2. The van der Waals surface area contributed by atoms with E-state index in [1.807, 2.05) is 31.2 Å². The van der Waals surface area contributed by atoms with Gasteiger partial charge in [0.05, 0.1) is 13.0 Å². The number of hydrogen-bond donors (Lipinski definition) is 2. The van der Waals surface area contributed by atoms with Crippen LogP contribution < -0.4 is 15.8 Å². The third-order valence-electron chi connectivity index (χ3n) is 2.67. The molecule has 0 aliphatic carbocycles. The average Bonchev–Trinajstić information content (AvgIpc) is 2.38. The average molecular weight is 236 g/mol. The number of methoxy groups -OCH3 is 1. The van der Waals surface area contributed by atoms with Gasteiger partial charge in [-0.15, -0.1) is 0 Å². The van der Waals surface area contributed by atoms with Gasteiger partial charge in [0, 0.05) is 6.54 Å². The molecule has 1 amide bonds. The summed E-state index contributed by atoms with van der Waals surface area (Å²) in [5.74, 6) is 0.610. The highest BCUT2D eigenvalue weighted by atomic mass is 16.5.